The molecule has 3 rings (SSSR count). The number of carbonyl (C=O) groups is 2. The van der Waals surface area contributed by atoms with Gasteiger partial charge in [-0.05, 0) is 38.1 Å². The van der Waals surface area contributed by atoms with Gasteiger partial charge in [-0.3, -0.25) is 0 Å². The number of esters is 2. The van der Waals surface area contributed by atoms with Crippen LogP contribution in [0.2, 0.25) is 0 Å². The lowest BCUT2D eigenvalue weighted by Crippen LogP contribution is -2.11. The van der Waals surface area contributed by atoms with Gasteiger partial charge < -0.3 is 28.4 Å². The zero-order valence-electron chi connectivity index (χ0n) is 16.7. The molecule has 1 heterocycles. The molecule has 8 nitrogen and oxygen atoms in total. The van der Waals surface area contributed by atoms with Gasteiger partial charge in [0.05, 0.1) is 38.6 Å². The van der Waals surface area contributed by atoms with Crippen LogP contribution in [0, 0.1) is 0 Å². The number of rotatable bonds is 7. The quantitative estimate of drug-likeness (QED) is 0.651. The van der Waals surface area contributed by atoms with Gasteiger partial charge in [-0.25, -0.2) is 9.59 Å². The molecule has 0 spiro atoms. The summed E-state index contributed by atoms with van der Waals surface area (Å²) >= 11 is 0. The molecule has 29 heavy (non-hydrogen) atoms. The fourth-order valence-electron chi connectivity index (χ4n) is 3.08. The minimum Gasteiger partial charge on any atom is -0.493 e. The van der Waals surface area contributed by atoms with E-state index in [1.54, 1.807) is 32.0 Å². The second-order valence-electron chi connectivity index (χ2n) is 5.92. The Morgan fingerprint density at radius 2 is 1.52 bits per heavy atom. The van der Waals surface area contributed by atoms with Gasteiger partial charge in [0.1, 0.15) is 0 Å². The molecule has 0 N–H and O–H groups in total. The second kappa shape index (κ2) is 8.72. The zero-order valence-corrected chi connectivity index (χ0v) is 16.7. The Morgan fingerprint density at radius 3 is 2.14 bits per heavy atom. The molecule has 0 unspecified atom stereocenters. The summed E-state index contributed by atoms with van der Waals surface area (Å²) in [6.07, 6.45) is 0. The number of hydrogen-bond donors (Lipinski definition) is 0. The summed E-state index contributed by atoms with van der Waals surface area (Å²) in [5, 5.41) is 0. The summed E-state index contributed by atoms with van der Waals surface area (Å²) in [6, 6.07) is 6.32. The molecule has 0 saturated carbocycles. The largest absolute Gasteiger partial charge is 0.493 e. The van der Waals surface area contributed by atoms with Crippen molar-refractivity contribution in [3.05, 3.63) is 35.4 Å². The first-order valence-electron chi connectivity index (χ1n) is 9.08. The van der Waals surface area contributed by atoms with Crippen LogP contribution in [-0.2, 0) is 9.47 Å². The molecule has 0 radical (unpaired) electrons. The standard InChI is InChI=1S/C21H22O8/c1-5-26-20(22)12-7-8-15-19(29-11-28-15)18(12)13-9-16(24-3)17(25-4)10-14(13)21(23)27-6-2/h7-10H,5-6,11H2,1-4H3. The highest BCUT2D eigenvalue weighted by molar-refractivity contribution is 6.06. The average Bonchev–Trinajstić information content (AvgIpc) is 3.21. The topological polar surface area (TPSA) is 89.5 Å². The first kappa shape index (κ1) is 20.3. The lowest BCUT2D eigenvalue weighted by Gasteiger charge is -2.17. The Kier molecular flexibility index (Phi) is 6.11. The molecule has 1 aliphatic rings. The minimum absolute atomic E-state index is 0.00333. The number of methoxy groups -OCH3 is 2. The van der Waals surface area contributed by atoms with Crippen molar-refractivity contribution in [2.45, 2.75) is 13.8 Å². The molecule has 8 heteroatoms. The van der Waals surface area contributed by atoms with Crippen LogP contribution in [-0.4, -0.2) is 46.2 Å². The van der Waals surface area contributed by atoms with Crippen molar-refractivity contribution < 1.29 is 38.0 Å². The van der Waals surface area contributed by atoms with Gasteiger partial charge >= 0.3 is 11.9 Å². The normalized spacial score (nSPS) is 11.7. The molecule has 0 fully saturated rings. The van der Waals surface area contributed by atoms with Crippen LogP contribution in [0.25, 0.3) is 11.1 Å². The summed E-state index contributed by atoms with van der Waals surface area (Å²) in [7, 11) is 2.95. The smallest absolute Gasteiger partial charge is 0.338 e. The number of benzene rings is 2. The molecule has 0 atom stereocenters. The van der Waals surface area contributed by atoms with Crippen LogP contribution >= 0.6 is 0 Å². The van der Waals surface area contributed by atoms with Crippen molar-refractivity contribution in [1.82, 2.24) is 0 Å². The van der Waals surface area contributed by atoms with Crippen molar-refractivity contribution in [1.29, 1.82) is 0 Å². The maximum absolute atomic E-state index is 12.7. The second-order valence-corrected chi connectivity index (χ2v) is 5.92. The van der Waals surface area contributed by atoms with Crippen LogP contribution in [0.15, 0.2) is 24.3 Å². The van der Waals surface area contributed by atoms with E-state index in [9.17, 15) is 9.59 Å². The van der Waals surface area contributed by atoms with Gasteiger partial charge in [0, 0.05) is 11.1 Å². The highest BCUT2D eigenvalue weighted by Gasteiger charge is 2.30. The van der Waals surface area contributed by atoms with Crippen molar-refractivity contribution in [2.75, 3.05) is 34.2 Å². The molecule has 0 aromatic heterocycles. The molecule has 2 aromatic carbocycles. The summed E-state index contributed by atoms with van der Waals surface area (Å²) in [6.45, 7) is 3.80. The van der Waals surface area contributed by atoms with Crippen molar-refractivity contribution >= 4 is 11.9 Å². The first-order valence-corrected chi connectivity index (χ1v) is 9.08. The molecule has 0 saturated heterocycles. The Hall–Kier alpha value is -3.42. The van der Waals surface area contributed by atoms with E-state index in [1.807, 2.05) is 0 Å². The zero-order chi connectivity index (χ0) is 21.0. The van der Waals surface area contributed by atoms with Crippen molar-refractivity contribution in [3.63, 3.8) is 0 Å². The molecular formula is C21H22O8. The first-order chi connectivity index (χ1) is 14.0. The average molecular weight is 402 g/mol. The van der Waals surface area contributed by atoms with E-state index in [1.165, 1.54) is 20.3 Å². The lowest BCUT2D eigenvalue weighted by molar-refractivity contribution is 0.0514. The van der Waals surface area contributed by atoms with Crippen LogP contribution in [0.4, 0.5) is 0 Å². The minimum atomic E-state index is -0.574. The van der Waals surface area contributed by atoms with Gasteiger partial charge in [0.25, 0.3) is 0 Å². The van der Waals surface area contributed by atoms with E-state index in [0.717, 1.165) is 0 Å². The Morgan fingerprint density at radius 1 is 0.897 bits per heavy atom. The third kappa shape index (κ3) is 3.78. The predicted molar refractivity (Wildman–Crippen MR) is 103 cm³/mol. The highest BCUT2D eigenvalue weighted by atomic mass is 16.7. The van der Waals surface area contributed by atoms with Gasteiger partial charge in [-0.1, -0.05) is 0 Å². The van der Waals surface area contributed by atoms with E-state index < -0.39 is 11.9 Å². The van der Waals surface area contributed by atoms with E-state index in [4.69, 9.17) is 28.4 Å². The number of hydrogen-bond acceptors (Lipinski definition) is 8. The van der Waals surface area contributed by atoms with E-state index in [0.29, 0.717) is 34.1 Å². The van der Waals surface area contributed by atoms with Gasteiger partial charge in [0.15, 0.2) is 23.0 Å². The number of carbonyl (C=O) groups excluding carboxylic acids is 2. The molecule has 154 valence electrons. The van der Waals surface area contributed by atoms with E-state index in [-0.39, 0.29) is 31.1 Å². The highest BCUT2D eigenvalue weighted by Crippen LogP contribution is 2.47. The number of fused-ring (bicyclic) bond motifs is 1. The Balaban J connectivity index is 2.33. The van der Waals surface area contributed by atoms with Gasteiger partial charge in [0.2, 0.25) is 6.79 Å². The fraction of sp³-hybridized carbons (Fsp3) is 0.333. The summed E-state index contributed by atoms with van der Waals surface area (Å²) in [4.78, 5) is 25.3. The third-order valence-electron chi connectivity index (χ3n) is 4.32. The van der Waals surface area contributed by atoms with E-state index >= 15 is 0 Å². The van der Waals surface area contributed by atoms with Crippen LogP contribution in [0.1, 0.15) is 34.6 Å². The fourth-order valence-corrected chi connectivity index (χ4v) is 3.08. The number of ether oxygens (including phenoxy) is 6. The van der Waals surface area contributed by atoms with Gasteiger partial charge in [-0.15, -0.1) is 0 Å². The molecule has 0 bridgehead atoms. The summed E-state index contributed by atoms with van der Waals surface area (Å²) in [5.41, 5.74) is 1.17. The SMILES string of the molecule is CCOC(=O)c1cc(OC)c(OC)cc1-c1c(C(=O)OCC)ccc2c1OCO2. The molecule has 2 aromatic rings. The summed E-state index contributed by atoms with van der Waals surface area (Å²) < 4.78 is 32.2. The van der Waals surface area contributed by atoms with Crippen LogP contribution in [0.5, 0.6) is 23.0 Å². The maximum Gasteiger partial charge on any atom is 0.338 e. The molecule has 0 aliphatic carbocycles. The predicted octanol–water partition coefficient (Wildman–Crippen LogP) is 3.45. The molecule has 0 amide bonds. The summed E-state index contributed by atoms with van der Waals surface area (Å²) in [5.74, 6) is 0.398. The van der Waals surface area contributed by atoms with Crippen molar-refractivity contribution in [3.8, 4) is 34.1 Å². The molecular weight excluding hydrogens is 380 g/mol. The third-order valence-corrected chi connectivity index (χ3v) is 4.32. The van der Waals surface area contributed by atoms with E-state index in [2.05, 4.69) is 0 Å². The Labute approximate surface area is 168 Å². The lowest BCUT2D eigenvalue weighted by atomic mass is 9.93. The van der Waals surface area contributed by atoms with Crippen LogP contribution < -0.4 is 18.9 Å². The van der Waals surface area contributed by atoms with Gasteiger partial charge in [-0.2, -0.15) is 0 Å². The monoisotopic (exact) mass is 402 g/mol. The maximum atomic E-state index is 12.7. The van der Waals surface area contributed by atoms with Crippen molar-refractivity contribution in [2.24, 2.45) is 0 Å². The Bertz CT molecular complexity index is 935. The molecule has 1 aliphatic heterocycles. The van der Waals surface area contributed by atoms with Crippen LogP contribution in [0.3, 0.4) is 0 Å².